The number of methoxy groups -OCH3 is 2. The summed E-state index contributed by atoms with van der Waals surface area (Å²) in [6.07, 6.45) is -0.539. The summed E-state index contributed by atoms with van der Waals surface area (Å²) in [6, 6.07) is 14.1. The van der Waals surface area contributed by atoms with E-state index in [0.29, 0.717) is 18.0 Å². The number of likely N-dealkylation sites (N-methyl/N-ethyl adjacent to an activating group) is 1. The van der Waals surface area contributed by atoms with Crippen LogP contribution < -0.4 is 14.2 Å². The molecule has 1 saturated heterocycles. The second kappa shape index (κ2) is 12.1. The van der Waals surface area contributed by atoms with Crippen LogP contribution in [0.3, 0.4) is 0 Å². The first-order chi connectivity index (χ1) is 15.5. The summed E-state index contributed by atoms with van der Waals surface area (Å²) >= 11 is 0. The Labute approximate surface area is 192 Å². The van der Waals surface area contributed by atoms with Crippen LogP contribution in [0.25, 0.3) is 0 Å². The molecule has 0 spiro atoms. The monoisotopic (exact) mass is 443 g/mol. The van der Waals surface area contributed by atoms with E-state index >= 15 is 0 Å². The topological polar surface area (TPSA) is 57.6 Å². The van der Waals surface area contributed by atoms with Gasteiger partial charge in [0.1, 0.15) is 18.5 Å². The maximum Gasteiger partial charge on any atom is 0.161 e. The number of piperazine rings is 1. The van der Waals surface area contributed by atoms with E-state index < -0.39 is 6.10 Å². The van der Waals surface area contributed by atoms with Crippen LogP contribution in [-0.4, -0.2) is 93.6 Å². The van der Waals surface area contributed by atoms with Crippen molar-refractivity contribution in [3.05, 3.63) is 53.6 Å². The number of benzene rings is 2. The highest BCUT2D eigenvalue weighted by Crippen LogP contribution is 2.29. The summed E-state index contributed by atoms with van der Waals surface area (Å²) in [5.74, 6) is 2.21. The number of rotatable bonds is 11. The molecule has 1 aliphatic heterocycles. The molecule has 2 aromatic carbocycles. The first-order valence-electron chi connectivity index (χ1n) is 11.2. The lowest BCUT2D eigenvalue weighted by atomic mass is 10.1. The lowest BCUT2D eigenvalue weighted by molar-refractivity contribution is 0.0497. The zero-order chi connectivity index (χ0) is 22.9. The maximum absolute atomic E-state index is 10.5. The minimum Gasteiger partial charge on any atom is -0.497 e. The van der Waals surface area contributed by atoms with Crippen LogP contribution in [0.4, 0.5) is 0 Å². The van der Waals surface area contributed by atoms with Crippen molar-refractivity contribution in [1.82, 2.24) is 14.7 Å². The van der Waals surface area contributed by atoms with Gasteiger partial charge in [0.25, 0.3) is 0 Å². The molecular weight excluding hydrogens is 406 g/mol. The van der Waals surface area contributed by atoms with Crippen molar-refractivity contribution >= 4 is 0 Å². The Bertz CT molecular complexity index is 840. The zero-order valence-electron chi connectivity index (χ0n) is 19.8. The Balaban J connectivity index is 1.54. The third-order valence-electron chi connectivity index (χ3n) is 5.76. The Kier molecular flexibility index (Phi) is 9.17. The zero-order valence-corrected chi connectivity index (χ0v) is 19.8. The third-order valence-corrected chi connectivity index (χ3v) is 5.76. The summed E-state index contributed by atoms with van der Waals surface area (Å²) < 4.78 is 16.8. The molecule has 3 rings (SSSR count). The molecule has 7 nitrogen and oxygen atoms in total. The number of ether oxygens (including phenoxy) is 3. The number of aliphatic hydroxyl groups is 1. The summed E-state index contributed by atoms with van der Waals surface area (Å²) in [5.41, 5.74) is 2.32. The van der Waals surface area contributed by atoms with Crippen molar-refractivity contribution < 1.29 is 19.3 Å². The van der Waals surface area contributed by atoms with Gasteiger partial charge in [-0.1, -0.05) is 18.2 Å². The summed E-state index contributed by atoms with van der Waals surface area (Å²) in [6.45, 7) is 6.47. The van der Waals surface area contributed by atoms with E-state index in [1.54, 1.807) is 14.2 Å². The second-order valence-electron chi connectivity index (χ2n) is 8.58. The quantitative estimate of drug-likeness (QED) is 0.572. The molecule has 32 heavy (non-hydrogen) atoms. The Morgan fingerprint density at radius 3 is 2.34 bits per heavy atom. The normalized spacial score (nSPS) is 16.2. The van der Waals surface area contributed by atoms with Crippen LogP contribution in [0, 0.1) is 0 Å². The second-order valence-corrected chi connectivity index (χ2v) is 8.58. The number of aliphatic hydroxyl groups excluding tert-OH is 1. The lowest BCUT2D eigenvalue weighted by Crippen LogP contribution is -2.47. The summed E-state index contributed by atoms with van der Waals surface area (Å²) in [5, 5.41) is 10.5. The fourth-order valence-electron chi connectivity index (χ4n) is 3.95. The van der Waals surface area contributed by atoms with E-state index in [2.05, 4.69) is 47.0 Å². The highest BCUT2D eigenvalue weighted by molar-refractivity contribution is 5.43. The van der Waals surface area contributed by atoms with Gasteiger partial charge in [0.15, 0.2) is 11.5 Å². The molecule has 0 saturated carbocycles. The molecule has 1 atom stereocenters. The number of nitrogens with zero attached hydrogens (tertiary/aromatic N) is 3. The van der Waals surface area contributed by atoms with Crippen molar-refractivity contribution in [1.29, 1.82) is 0 Å². The van der Waals surface area contributed by atoms with E-state index in [-0.39, 0.29) is 6.61 Å². The van der Waals surface area contributed by atoms with Crippen LogP contribution in [-0.2, 0) is 13.1 Å². The minimum atomic E-state index is -0.539. The lowest BCUT2D eigenvalue weighted by Gasteiger charge is -2.33. The predicted octanol–water partition coefficient (Wildman–Crippen LogP) is 2.32. The van der Waals surface area contributed by atoms with Gasteiger partial charge in [0, 0.05) is 45.8 Å². The fraction of sp³-hybridized carbons (Fsp3) is 0.520. The van der Waals surface area contributed by atoms with Crippen molar-refractivity contribution in [3.8, 4) is 17.2 Å². The Morgan fingerprint density at radius 1 is 0.938 bits per heavy atom. The number of β-amino-alcohol motifs (C(OH)–C–C–N with tert-alkyl or cyclic N) is 1. The van der Waals surface area contributed by atoms with Gasteiger partial charge in [-0.2, -0.15) is 0 Å². The van der Waals surface area contributed by atoms with E-state index in [1.807, 2.05) is 24.3 Å². The number of hydrogen-bond donors (Lipinski definition) is 1. The molecule has 0 aliphatic carbocycles. The van der Waals surface area contributed by atoms with E-state index in [4.69, 9.17) is 14.2 Å². The van der Waals surface area contributed by atoms with Crippen molar-refractivity contribution in [2.24, 2.45) is 0 Å². The first kappa shape index (κ1) is 24.3. The van der Waals surface area contributed by atoms with Gasteiger partial charge < -0.3 is 24.2 Å². The van der Waals surface area contributed by atoms with E-state index in [9.17, 15) is 5.11 Å². The average Bonchev–Trinajstić information content (AvgIpc) is 2.79. The van der Waals surface area contributed by atoms with Crippen molar-refractivity contribution in [3.63, 3.8) is 0 Å². The minimum absolute atomic E-state index is 0.242. The molecule has 1 unspecified atom stereocenters. The van der Waals surface area contributed by atoms with Crippen LogP contribution in [0.15, 0.2) is 42.5 Å². The predicted molar refractivity (Wildman–Crippen MR) is 127 cm³/mol. The highest BCUT2D eigenvalue weighted by Gasteiger charge is 2.18. The molecule has 0 radical (unpaired) electrons. The molecule has 176 valence electrons. The largest absolute Gasteiger partial charge is 0.497 e. The maximum atomic E-state index is 10.5. The van der Waals surface area contributed by atoms with Gasteiger partial charge in [0.2, 0.25) is 0 Å². The standard InChI is InChI=1S/C25H37N3O4/c1-26-10-12-28(13-11-26)18-22(29)19-32-25-15-21(8-9-24(25)31-4)17-27(2)16-20-6-5-7-23(14-20)30-3/h5-9,14-15,22,29H,10-13,16-19H2,1-4H3. The smallest absolute Gasteiger partial charge is 0.161 e. The third kappa shape index (κ3) is 7.38. The molecule has 0 aromatic heterocycles. The van der Waals surface area contributed by atoms with Crippen LogP contribution in [0.1, 0.15) is 11.1 Å². The number of hydrogen-bond acceptors (Lipinski definition) is 7. The molecule has 1 aliphatic rings. The van der Waals surface area contributed by atoms with Gasteiger partial charge >= 0.3 is 0 Å². The van der Waals surface area contributed by atoms with Crippen LogP contribution >= 0.6 is 0 Å². The Morgan fingerprint density at radius 2 is 1.66 bits per heavy atom. The summed E-state index contributed by atoms with van der Waals surface area (Å²) in [4.78, 5) is 6.83. The molecule has 0 bridgehead atoms. The Hall–Kier alpha value is -2.32. The molecule has 0 amide bonds. The molecule has 1 fully saturated rings. The van der Waals surface area contributed by atoms with Gasteiger partial charge in [-0.15, -0.1) is 0 Å². The van der Waals surface area contributed by atoms with Gasteiger partial charge in [-0.05, 0) is 49.5 Å². The van der Waals surface area contributed by atoms with Gasteiger partial charge in [-0.3, -0.25) is 9.80 Å². The van der Waals surface area contributed by atoms with Crippen molar-refractivity contribution in [2.45, 2.75) is 19.2 Å². The molecule has 7 heteroatoms. The highest BCUT2D eigenvalue weighted by atomic mass is 16.5. The fourth-order valence-corrected chi connectivity index (χ4v) is 3.95. The van der Waals surface area contributed by atoms with E-state index in [0.717, 1.165) is 50.6 Å². The van der Waals surface area contributed by atoms with Crippen LogP contribution in [0.5, 0.6) is 17.2 Å². The molecule has 2 aromatic rings. The first-order valence-corrected chi connectivity index (χ1v) is 11.2. The van der Waals surface area contributed by atoms with Gasteiger partial charge in [0.05, 0.1) is 14.2 Å². The SMILES string of the molecule is COc1cccc(CN(C)Cc2ccc(OC)c(OCC(O)CN3CCN(C)CC3)c2)c1. The molecular formula is C25H37N3O4. The molecule has 1 heterocycles. The van der Waals surface area contributed by atoms with Crippen molar-refractivity contribution in [2.75, 3.05) is 67.6 Å². The molecule has 1 N–H and O–H groups in total. The summed E-state index contributed by atoms with van der Waals surface area (Å²) in [7, 11) is 7.54. The average molecular weight is 444 g/mol. The van der Waals surface area contributed by atoms with Gasteiger partial charge in [-0.25, -0.2) is 0 Å². The van der Waals surface area contributed by atoms with Crippen LogP contribution in [0.2, 0.25) is 0 Å². The van der Waals surface area contributed by atoms with E-state index in [1.165, 1.54) is 5.56 Å².